The Morgan fingerprint density at radius 1 is 1.22 bits per heavy atom. The Balaban J connectivity index is 1.48. The molecule has 2 aliphatic carbocycles. The third-order valence-corrected chi connectivity index (χ3v) is 4.74. The van der Waals surface area contributed by atoms with Crippen molar-refractivity contribution in [2.45, 2.75) is 38.0 Å². The topological polar surface area (TPSA) is 46.3 Å². The lowest BCUT2D eigenvalue weighted by Gasteiger charge is -2.15. The average molecular weight is 246 g/mol. The van der Waals surface area contributed by atoms with Crippen molar-refractivity contribution < 1.29 is 9.32 Å². The molecular weight excluding hydrogens is 228 g/mol. The molecule has 96 valence electrons. The largest absolute Gasteiger partial charge is 0.360 e. The Hall–Kier alpha value is -1.32. The molecule has 2 heterocycles. The van der Waals surface area contributed by atoms with Crippen molar-refractivity contribution in [3.05, 3.63) is 17.5 Å². The molecule has 0 spiro atoms. The smallest absolute Gasteiger partial charge is 0.276 e. The van der Waals surface area contributed by atoms with E-state index in [9.17, 15) is 4.79 Å². The van der Waals surface area contributed by atoms with Crippen molar-refractivity contribution in [2.75, 3.05) is 13.1 Å². The number of carbonyl (C=O) groups is 1. The molecule has 1 aliphatic heterocycles. The highest BCUT2D eigenvalue weighted by molar-refractivity contribution is 5.92. The fourth-order valence-corrected chi connectivity index (χ4v) is 3.51. The fraction of sp³-hybridized carbons (Fsp3) is 0.714. The standard InChI is InChI=1S/C14H18N2O2/c17-14(12-6-13(18-15-12)9-4-5-9)16-7-10-2-1-3-11(10)8-16/h6,9-11H,1-5,7-8H2. The van der Waals surface area contributed by atoms with Crippen LogP contribution in [-0.4, -0.2) is 29.1 Å². The van der Waals surface area contributed by atoms with Crippen LogP contribution < -0.4 is 0 Å². The number of nitrogens with zero attached hydrogens (tertiary/aromatic N) is 2. The maximum absolute atomic E-state index is 12.3. The zero-order valence-corrected chi connectivity index (χ0v) is 10.5. The van der Waals surface area contributed by atoms with Gasteiger partial charge in [0.1, 0.15) is 5.76 Å². The van der Waals surface area contributed by atoms with E-state index in [1.165, 1.54) is 32.1 Å². The molecule has 4 heteroatoms. The molecule has 4 rings (SSSR count). The molecule has 3 aliphatic rings. The SMILES string of the molecule is O=C(c1cc(C2CC2)on1)N1CC2CCCC2C1. The third kappa shape index (κ3) is 1.66. The van der Waals surface area contributed by atoms with Crippen molar-refractivity contribution in [3.8, 4) is 0 Å². The Morgan fingerprint density at radius 2 is 1.94 bits per heavy atom. The number of hydrogen-bond donors (Lipinski definition) is 0. The molecule has 2 atom stereocenters. The van der Waals surface area contributed by atoms with Gasteiger partial charge in [-0.1, -0.05) is 11.6 Å². The molecule has 0 radical (unpaired) electrons. The van der Waals surface area contributed by atoms with Crippen LogP contribution in [0.3, 0.4) is 0 Å². The van der Waals surface area contributed by atoms with E-state index in [0.717, 1.165) is 30.7 Å². The van der Waals surface area contributed by atoms with Gasteiger partial charge in [-0.15, -0.1) is 0 Å². The molecule has 18 heavy (non-hydrogen) atoms. The summed E-state index contributed by atoms with van der Waals surface area (Å²) in [5.41, 5.74) is 0.511. The second-order valence-electron chi connectivity index (χ2n) is 6.05. The maximum atomic E-state index is 12.3. The number of fused-ring (bicyclic) bond motifs is 1. The Bertz CT molecular complexity index is 466. The summed E-state index contributed by atoms with van der Waals surface area (Å²) in [6, 6.07) is 1.86. The lowest BCUT2D eigenvalue weighted by atomic mass is 10.0. The fourth-order valence-electron chi connectivity index (χ4n) is 3.51. The summed E-state index contributed by atoms with van der Waals surface area (Å²) in [5, 5.41) is 3.95. The predicted molar refractivity (Wildman–Crippen MR) is 65.2 cm³/mol. The van der Waals surface area contributed by atoms with E-state index >= 15 is 0 Å². The minimum absolute atomic E-state index is 0.0695. The van der Waals surface area contributed by atoms with Crippen LogP contribution in [0.15, 0.2) is 10.6 Å². The van der Waals surface area contributed by atoms with Crippen LogP contribution in [0, 0.1) is 11.8 Å². The van der Waals surface area contributed by atoms with Crippen molar-refractivity contribution in [1.29, 1.82) is 0 Å². The van der Waals surface area contributed by atoms with Gasteiger partial charge in [-0.05, 0) is 37.5 Å². The summed E-state index contributed by atoms with van der Waals surface area (Å²) in [7, 11) is 0. The molecule has 2 saturated carbocycles. The first-order chi connectivity index (χ1) is 8.81. The van der Waals surface area contributed by atoms with Gasteiger partial charge >= 0.3 is 0 Å². The van der Waals surface area contributed by atoms with Gasteiger partial charge in [0.2, 0.25) is 0 Å². The Morgan fingerprint density at radius 3 is 2.61 bits per heavy atom. The second kappa shape index (κ2) is 3.84. The van der Waals surface area contributed by atoms with Crippen LogP contribution >= 0.6 is 0 Å². The molecule has 1 amide bonds. The van der Waals surface area contributed by atoms with Crippen molar-refractivity contribution in [3.63, 3.8) is 0 Å². The van der Waals surface area contributed by atoms with E-state index in [1.807, 2.05) is 11.0 Å². The monoisotopic (exact) mass is 246 g/mol. The van der Waals surface area contributed by atoms with Gasteiger partial charge in [0, 0.05) is 25.1 Å². The molecular formula is C14H18N2O2. The minimum atomic E-state index is 0.0695. The van der Waals surface area contributed by atoms with Crippen LogP contribution in [0.5, 0.6) is 0 Å². The average Bonchev–Trinajstić information content (AvgIpc) is 2.80. The van der Waals surface area contributed by atoms with Crippen LogP contribution in [0.1, 0.15) is 54.3 Å². The third-order valence-electron chi connectivity index (χ3n) is 4.74. The summed E-state index contributed by atoms with van der Waals surface area (Å²) in [4.78, 5) is 14.3. The number of likely N-dealkylation sites (tertiary alicyclic amines) is 1. The highest BCUT2D eigenvalue weighted by Crippen LogP contribution is 2.41. The van der Waals surface area contributed by atoms with Gasteiger partial charge in [0.25, 0.3) is 5.91 Å². The molecule has 4 nitrogen and oxygen atoms in total. The Labute approximate surface area is 106 Å². The zero-order chi connectivity index (χ0) is 12.1. The van der Waals surface area contributed by atoms with E-state index in [1.54, 1.807) is 0 Å². The molecule has 0 N–H and O–H groups in total. The first-order valence-electron chi connectivity index (χ1n) is 7.07. The molecule has 2 unspecified atom stereocenters. The quantitative estimate of drug-likeness (QED) is 0.805. The lowest BCUT2D eigenvalue weighted by Crippen LogP contribution is -2.29. The van der Waals surface area contributed by atoms with Gasteiger partial charge in [0.05, 0.1) is 0 Å². The van der Waals surface area contributed by atoms with E-state index in [0.29, 0.717) is 11.6 Å². The molecule has 0 aromatic carbocycles. The van der Waals surface area contributed by atoms with Gasteiger partial charge in [0.15, 0.2) is 5.69 Å². The number of carbonyl (C=O) groups excluding carboxylic acids is 1. The maximum Gasteiger partial charge on any atom is 0.276 e. The molecule has 1 saturated heterocycles. The predicted octanol–water partition coefficient (Wildman–Crippen LogP) is 2.42. The normalized spacial score (nSPS) is 30.8. The zero-order valence-electron chi connectivity index (χ0n) is 10.5. The van der Waals surface area contributed by atoms with Crippen molar-refractivity contribution >= 4 is 5.91 Å². The van der Waals surface area contributed by atoms with Crippen LogP contribution in [0.25, 0.3) is 0 Å². The number of hydrogen-bond acceptors (Lipinski definition) is 3. The van der Waals surface area contributed by atoms with E-state index in [2.05, 4.69) is 5.16 Å². The molecule has 0 bridgehead atoms. The van der Waals surface area contributed by atoms with Crippen molar-refractivity contribution in [2.24, 2.45) is 11.8 Å². The van der Waals surface area contributed by atoms with E-state index < -0.39 is 0 Å². The lowest BCUT2D eigenvalue weighted by molar-refractivity contribution is 0.0770. The van der Waals surface area contributed by atoms with Gasteiger partial charge in [-0.25, -0.2) is 0 Å². The molecule has 3 fully saturated rings. The summed E-state index contributed by atoms with van der Waals surface area (Å²) in [6.45, 7) is 1.85. The summed E-state index contributed by atoms with van der Waals surface area (Å²) in [6.07, 6.45) is 6.28. The summed E-state index contributed by atoms with van der Waals surface area (Å²) < 4.78 is 5.27. The second-order valence-corrected chi connectivity index (χ2v) is 6.05. The first kappa shape index (κ1) is 10.6. The van der Waals surface area contributed by atoms with Crippen molar-refractivity contribution in [1.82, 2.24) is 10.1 Å². The van der Waals surface area contributed by atoms with Crippen LogP contribution in [0.4, 0.5) is 0 Å². The Kier molecular flexibility index (Phi) is 2.26. The molecule has 1 aromatic rings. The number of amides is 1. The first-order valence-corrected chi connectivity index (χ1v) is 7.07. The summed E-state index contributed by atoms with van der Waals surface area (Å²) >= 11 is 0. The van der Waals surface area contributed by atoms with Gasteiger partial charge < -0.3 is 9.42 Å². The minimum Gasteiger partial charge on any atom is -0.360 e. The number of rotatable bonds is 2. The van der Waals surface area contributed by atoms with E-state index in [-0.39, 0.29) is 5.91 Å². The van der Waals surface area contributed by atoms with Crippen LogP contribution in [-0.2, 0) is 0 Å². The highest BCUT2D eigenvalue weighted by Gasteiger charge is 2.39. The number of aromatic nitrogens is 1. The summed E-state index contributed by atoms with van der Waals surface area (Å²) in [5.74, 6) is 2.97. The van der Waals surface area contributed by atoms with Crippen LogP contribution in [0.2, 0.25) is 0 Å². The highest BCUT2D eigenvalue weighted by atomic mass is 16.5. The van der Waals surface area contributed by atoms with Gasteiger partial charge in [-0.2, -0.15) is 0 Å². The van der Waals surface area contributed by atoms with E-state index in [4.69, 9.17) is 4.52 Å². The molecule has 1 aromatic heterocycles. The van der Waals surface area contributed by atoms with Gasteiger partial charge in [-0.3, -0.25) is 4.79 Å².